The van der Waals surface area contributed by atoms with Gasteiger partial charge in [0.2, 0.25) is 0 Å². The third-order valence-corrected chi connectivity index (χ3v) is 3.49. The van der Waals surface area contributed by atoms with Crippen LogP contribution < -0.4 is 5.32 Å². The summed E-state index contributed by atoms with van der Waals surface area (Å²) < 4.78 is 0. The smallest absolute Gasteiger partial charge is 0.0761 e. The van der Waals surface area contributed by atoms with Gasteiger partial charge in [0.15, 0.2) is 0 Å². The lowest BCUT2D eigenvalue weighted by Crippen LogP contribution is -2.44. The predicted molar refractivity (Wildman–Crippen MR) is 80.5 cm³/mol. The number of hydrogen-bond acceptors (Lipinski definition) is 2. The molecular weight excluding hydrogens is 244 g/mol. The van der Waals surface area contributed by atoms with Crippen LogP contribution in [0.4, 0.5) is 0 Å². The van der Waals surface area contributed by atoms with E-state index in [0.717, 1.165) is 31.6 Å². The summed E-state index contributed by atoms with van der Waals surface area (Å²) in [5.74, 6) is 0. The van der Waals surface area contributed by atoms with Gasteiger partial charge in [-0.15, -0.1) is 0 Å². The van der Waals surface area contributed by atoms with Gasteiger partial charge in [-0.3, -0.25) is 0 Å². The Balaban J connectivity index is 3.20. The molecule has 0 aromatic rings. The first-order valence-electron chi connectivity index (χ1n) is 6.75. The highest BCUT2D eigenvalue weighted by atomic mass is 35.5. The molecule has 0 saturated carbocycles. The highest BCUT2D eigenvalue weighted by Gasteiger charge is 2.23. The molecule has 1 aliphatic heterocycles. The largest absolute Gasteiger partial charge is 0.380 e. The first kappa shape index (κ1) is 15.2. The van der Waals surface area contributed by atoms with E-state index in [9.17, 15) is 0 Å². The van der Waals surface area contributed by atoms with Crippen LogP contribution in [0.3, 0.4) is 0 Å². The first-order chi connectivity index (χ1) is 8.51. The van der Waals surface area contributed by atoms with Crippen molar-refractivity contribution in [2.75, 3.05) is 13.1 Å². The van der Waals surface area contributed by atoms with Crippen LogP contribution >= 0.6 is 11.6 Å². The van der Waals surface area contributed by atoms with E-state index in [1.165, 1.54) is 11.3 Å². The average molecular weight is 269 g/mol. The van der Waals surface area contributed by atoms with E-state index in [1.807, 2.05) is 0 Å². The number of nitrogens with one attached hydrogen (secondary N) is 1. The second-order valence-electron chi connectivity index (χ2n) is 4.98. The number of rotatable bonds is 5. The molecule has 0 fully saturated rings. The minimum absolute atomic E-state index is 0.573. The zero-order valence-corrected chi connectivity index (χ0v) is 12.8. The fourth-order valence-electron chi connectivity index (χ4n) is 2.43. The second kappa shape index (κ2) is 6.89. The van der Waals surface area contributed by atoms with E-state index in [4.69, 9.17) is 11.6 Å². The SMILES string of the molecule is C=C(Cl)C1=C(C=C(C)C)N(C(CC)CC)CCN1. The molecule has 102 valence electrons. The lowest BCUT2D eigenvalue weighted by molar-refractivity contribution is 0.233. The molecule has 0 aliphatic carbocycles. The van der Waals surface area contributed by atoms with Crippen LogP contribution in [0, 0.1) is 0 Å². The summed E-state index contributed by atoms with van der Waals surface area (Å²) in [5.41, 5.74) is 3.45. The normalized spacial score (nSPS) is 15.8. The van der Waals surface area contributed by atoms with Crippen molar-refractivity contribution in [3.63, 3.8) is 0 Å². The Morgan fingerprint density at radius 1 is 1.44 bits per heavy atom. The lowest BCUT2D eigenvalue weighted by Gasteiger charge is -2.38. The molecular formula is C15H25ClN2. The van der Waals surface area contributed by atoms with Gasteiger partial charge in [0.05, 0.1) is 16.4 Å². The van der Waals surface area contributed by atoms with Gasteiger partial charge in [0, 0.05) is 19.1 Å². The summed E-state index contributed by atoms with van der Waals surface area (Å²) in [6, 6.07) is 0.573. The summed E-state index contributed by atoms with van der Waals surface area (Å²) in [6.45, 7) is 14.5. The summed E-state index contributed by atoms with van der Waals surface area (Å²) in [6.07, 6.45) is 4.50. The molecule has 18 heavy (non-hydrogen) atoms. The molecule has 2 nitrogen and oxygen atoms in total. The maximum absolute atomic E-state index is 6.12. The van der Waals surface area contributed by atoms with Crippen LogP contribution in [0.25, 0.3) is 0 Å². The minimum Gasteiger partial charge on any atom is -0.380 e. The molecule has 1 N–H and O–H groups in total. The number of nitrogens with zero attached hydrogens (tertiary/aromatic N) is 1. The van der Waals surface area contributed by atoms with Crippen LogP contribution in [-0.4, -0.2) is 24.0 Å². The molecule has 1 aliphatic rings. The van der Waals surface area contributed by atoms with Crippen molar-refractivity contribution in [3.05, 3.63) is 34.7 Å². The quantitative estimate of drug-likeness (QED) is 0.810. The standard InChI is InChI=1S/C15H25ClN2/c1-6-13(7-2)18-9-8-17-15(12(5)16)14(18)10-11(3)4/h10,13,17H,5-9H2,1-4H3. The van der Waals surface area contributed by atoms with E-state index >= 15 is 0 Å². The van der Waals surface area contributed by atoms with Crippen molar-refractivity contribution in [3.8, 4) is 0 Å². The molecule has 0 radical (unpaired) electrons. The maximum Gasteiger partial charge on any atom is 0.0761 e. The monoisotopic (exact) mass is 268 g/mol. The van der Waals surface area contributed by atoms with Crippen molar-refractivity contribution >= 4 is 11.6 Å². The summed E-state index contributed by atoms with van der Waals surface area (Å²) in [4.78, 5) is 2.46. The Morgan fingerprint density at radius 2 is 2.06 bits per heavy atom. The number of hydrogen-bond donors (Lipinski definition) is 1. The number of halogens is 1. The van der Waals surface area contributed by atoms with E-state index in [1.54, 1.807) is 0 Å². The first-order valence-corrected chi connectivity index (χ1v) is 7.13. The van der Waals surface area contributed by atoms with E-state index in [0.29, 0.717) is 11.1 Å². The Hall–Kier alpha value is -0.890. The number of allylic oxidation sites excluding steroid dienone is 3. The van der Waals surface area contributed by atoms with Gasteiger partial charge < -0.3 is 10.2 Å². The van der Waals surface area contributed by atoms with E-state index in [2.05, 4.69) is 50.6 Å². The highest BCUT2D eigenvalue weighted by Crippen LogP contribution is 2.26. The molecule has 0 unspecified atom stereocenters. The predicted octanol–water partition coefficient (Wildman–Crippen LogP) is 4.01. The van der Waals surface area contributed by atoms with Gasteiger partial charge in [0.1, 0.15) is 0 Å². The highest BCUT2D eigenvalue weighted by molar-refractivity contribution is 6.31. The Labute approximate surface area is 116 Å². The molecule has 0 aromatic heterocycles. The van der Waals surface area contributed by atoms with Crippen LogP contribution in [0.1, 0.15) is 40.5 Å². The fourth-order valence-corrected chi connectivity index (χ4v) is 2.59. The zero-order valence-electron chi connectivity index (χ0n) is 12.0. The molecule has 0 bridgehead atoms. The molecule has 3 heteroatoms. The van der Waals surface area contributed by atoms with Crippen molar-refractivity contribution in [1.82, 2.24) is 10.2 Å². The van der Waals surface area contributed by atoms with Crippen molar-refractivity contribution in [1.29, 1.82) is 0 Å². The third-order valence-electron chi connectivity index (χ3n) is 3.30. The van der Waals surface area contributed by atoms with Crippen LogP contribution in [-0.2, 0) is 0 Å². The molecule has 0 spiro atoms. The molecule has 0 atom stereocenters. The molecule has 0 amide bonds. The van der Waals surface area contributed by atoms with Gasteiger partial charge in [-0.1, -0.05) is 37.6 Å². The molecule has 0 saturated heterocycles. The fraction of sp³-hybridized carbons (Fsp3) is 0.600. The Kier molecular flexibility index (Phi) is 5.80. The Morgan fingerprint density at radius 3 is 2.50 bits per heavy atom. The van der Waals surface area contributed by atoms with E-state index in [-0.39, 0.29) is 0 Å². The summed E-state index contributed by atoms with van der Waals surface area (Å²) in [7, 11) is 0. The van der Waals surface area contributed by atoms with Crippen LogP contribution in [0.2, 0.25) is 0 Å². The van der Waals surface area contributed by atoms with Crippen LogP contribution in [0.15, 0.2) is 34.7 Å². The lowest BCUT2D eigenvalue weighted by atomic mass is 10.1. The third kappa shape index (κ3) is 3.55. The van der Waals surface area contributed by atoms with E-state index < -0.39 is 0 Å². The summed E-state index contributed by atoms with van der Waals surface area (Å²) in [5, 5.41) is 3.96. The minimum atomic E-state index is 0.573. The van der Waals surface area contributed by atoms with Crippen LogP contribution in [0.5, 0.6) is 0 Å². The van der Waals surface area contributed by atoms with Gasteiger partial charge in [-0.25, -0.2) is 0 Å². The van der Waals surface area contributed by atoms with Gasteiger partial charge in [0.25, 0.3) is 0 Å². The molecule has 1 rings (SSSR count). The molecule has 1 heterocycles. The van der Waals surface area contributed by atoms with Gasteiger partial charge in [-0.05, 0) is 32.8 Å². The van der Waals surface area contributed by atoms with Crippen molar-refractivity contribution in [2.45, 2.75) is 46.6 Å². The van der Waals surface area contributed by atoms with Gasteiger partial charge in [-0.2, -0.15) is 0 Å². The van der Waals surface area contributed by atoms with Gasteiger partial charge >= 0.3 is 0 Å². The maximum atomic E-state index is 6.12. The van der Waals surface area contributed by atoms with Crippen molar-refractivity contribution < 1.29 is 0 Å². The Bertz CT molecular complexity index is 361. The zero-order chi connectivity index (χ0) is 13.7. The van der Waals surface area contributed by atoms with Crippen molar-refractivity contribution in [2.24, 2.45) is 0 Å². The summed E-state index contributed by atoms with van der Waals surface area (Å²) >= 11 is 6.12. The second-order valence-corrected chi connectivity index (χ2v) is 5.43. The molecule has 0 aromatic carbocycles. The average Bonchev–Trinajstić information content (AvgIpc) is 2.31. The topological polar surface area (TPSA) is 15.3 Å².